The zero-order chi connectivity index (χ0) is 13.9. The van der Waals surface area contributed by atoms with Gasteiger partial charge in [-0.2, -0.15) is 0 Å². The van der Waals surface area contributed by atoms with Crippen molar-refractivity contribution in [2.45, 2.75) is 50.0 Å². The standard InChI is InChI=1S/C14H21NO3S/c1-2-4-13(16)10-15-19(17,18)14-8-7-11-5-3-6-12(11)9-14/h7-9,13,15-16H,2-6,10H2,1H3. The molecule has 1 aromatic carbocycles. The Morgan fingerprint density at radius 3 is 2.79 bits per heavy atom. The first kappa shape index (κ1) is 14.5. The lowest BCUT2D eigenvalue weighted by Crippen LogP contribution is -2.32. The number of aryl methyl sites for hydroxylation is 2. The normalized spacial score (nSPS) is 16.3. The third kappa shape index (κ3) is 3.55. The largest absolute Gasteiger partial charge is 0.392 e. The van der Waals surface area contributed by atoms with Crippen LogP contribution in [0, 0.1) is 0 Å². The first-order valence-corrected chi connectivity index (χ1v) is 8.31. The van der Waals surface area contributed by atoms with Gasteiger partial charge in [-0.3, -0.25) is 0 Å². The van der Waals surface area contributed by atoms with Crippen LogP contribution in [0.5, 0.6) is 0 Å². The van der Waals surface area contributed by atoms with Crippen molar-refractivity contribution in [3.63, 3.8) is 0 Å². The number of benzene rings is 1. The van der Waals surface area contributed by atoms with Crippen molar-refractivity contribution in [2.24, 2.45) is 0 Å². The summed E-state index contributed by atoms with van der Waals surface area (Å²) in [5.41, 5.74) is 2.39. The summed E-state index contributed by atoms with van der Waals surface area (Å²) in [6, 6.07) is 5.31. The fourth-order valence-electron chi connectivity index (χ4n) is 2.44. The first-order chi connectivity index (χ1) is 9.03. The molecule has 0 fully saturated rings. The van der Waals surface area contributed by atoms with E-state index in [1.165, 1.54) is 5.56 Å². The van der Waals surface area contributed by atoms with E-state index in [0.29, 0.717) is 11.3 Å². The lowest BCUT2D eigenvalue weighted by atomic mass is 10.1. The van der Waals surface area contributed by atoms with Crippen molar-refractivity contribution in [3.8, 4) is 0 Å². The molecular weight excluding hydrogens is 262 g/mol. The SMILES string of the molecule is CCCC(O)CNS(=O)(=O)c1ccc2c(c1)CCC2. The van der Waals surface area contributed by atoms with E-state index in [1.54, 1.807) is 12.1 Å². The quantitative estimate of drug-likeness (QED) is 0.833. The Kier molecular flexibility index (Phi) is 4.60. The van der Waals surface area contributed by atoms with Gasteiger partial charge in [0.1, 0.15) is 0 Å². The summed E-state index contributed by atoms with van der Waals surface area (Å²) in [6.45, 7) is 2.03. The summed E-state index contributed by atoms with van der Waals surface area (Å²) in [7, 11) is -3.51. The molecule has 1 aliphatic carbocycles. The highest BCUT2D eigenvalue weighted by Crippen LogP contribution is 2.24. The highest BCUT2D eigenvalue weighted by Gasteiger charge is 2.19. The topological polar surface area (TPSA) is 66.4 Å². The average Bonchev–Trinajstić information content (AvgIpc) is 2.84. The van der Waals surface area contributed by atoms with Gasteiger partial charge in [-0.1, -0.05) is 19.4 Å². The van der Waals surface area contributed by atoms with Gasteiger partial charge in [0, 0.05) is 6.54 Å². The zero-order valence-corrected chi connectivity index (χ0v) is 12.0. The number of nitrogens with one attached hydrogen (secondary N) is 1. The second kappa shape index (κ2) is 6.03. The Balaban J connectivity index is 2.07. The van der Waals surface area contributed by atoms with Crippen LogP contribution in [0.2, 0.25) is 0 Å². The maximum atomic E-state index is 12.1. The lowest BCUT2D eigenvalue weighted by molar-refractivity contribution is 0.167. The van der Waals surface area contributed by atoms with E-state index in [0.717, 1.165) is 31.2 Å². The van der Waals surface area contributed by atoms with Gasteiger partial charge in [-0.05, 0) is 48.9 Å². The molecule has 1 atom stereocenters. The summed E-state index contributed by atoms with van der Waals surface area (Å²) >= 11 is 0. The summed E-state index contributed by atoms with van der Waals surface area (Å²) < 4.78 is 26.7. The molecule has 2 rings (SSSR count). The van der Waals surface area contributed by atoms with Crippen LogP contribution in [-0.2, 0) is 22.9 Å². The summed E-state index contributed by atoms with van der Waals surface area (Å²) in [5.74, 6) is 0. The van der Waals surface area contributed by atoms with E-state index in [2.05, 4.69) is 4.72 Å². The minimum absolute atomic E-state index is 0.0766. The van der Waals surface area contributed by atoms with Crippen molar-refractivity contribution in [1.29, 1.82) is 0 Å². The third-order valence-corrected chi connectivity index (χ3v) is 4.93. The van der Waals surface area contributed by atoms with Crippen molar-refractivity contribution in [2.75, 3.05) is 6.54 Å². The molecule has 1 aromatic rings. The third-order valence-electron chi connectivity index (χ3n) is 3.51. The number of sulfonamides is 1. The first-order valence-electron chi connectivity index (χ1n) is 6.82. The molecule has 0 bridgehead atoms. The van der Waals surface area contributed by atoms with Gasteiger partial charge < -0.3 is 5.11 Å². The molecule has 4 nitrogen and oxygen atoms in total. The van der Waals surface area contributed by atoms with Crippen molar-refractivity contribution < 1.29 is 13.5 Å². The average molecular weight is 283 g/mol. The van der Waals surface area contributed by atoms with Gasteiger partial charge in [0.15, 0.2) is 0 Å². The summed E-state index contributed by atoms with van der Waals surface area (Å²) in [4.78, 5) is 0.303. The fraction of sp³-hybridized carbons (Fsp3) is 0.571. The molecule has 0 saturated heterocycles. The van der Waals surface area contributed by atoms with Crippen LogP contribution in [0.3, 0.4) is 0 Å². The van der Waals surface area contributed by atoms with Crippen LogP contribution in [0.4, 0.5) is 0 Å². The van der Waals surface area contributed by atoms with Crippen molar-refractivity contribution >= 4 is 10.0 Å². The number of fused-ring (bicyclic) bond motifs is 1. The van der Waals surface area contributed by atoms with Gasteiger partial charge in [-0.15, -0.1) is 0 Å². The molecule has 0 radical (unpaired) electrons. The summed E-state index contributed by atoms with van der Waals surface area (Å²) in [6.07, 6.45) is 3.92. The van der Waals surface area contributed by atoms with Crippen LogP contribution < -0.4 is 4.72 Å². The van der Waals surface area contributed by atoms with E-state index >= 15 is 0 Å². The van der Waals surface area contributed by atoms with Crippen LogP contribution in [-0.4, -0.2) is 26.2 Å². The molecule has 0 heterocycles. The maximum absolute atomic E-state index is 12.1. The van der Waals surface area contributed by atoms with Crippen LogP contribution in [0.25, 0.3) is 0 Å². The predicted molar refractivity (Wildman–Crippen MR) is 74.6 cm³/mol. The second-order valence-electron chi connectivity index (χ2n) is 5.08. The molecular formula is C14H21NO3S. The van der Waals surface area contributed by atoms with Crippen molar-refractivity contribution in [3.05, 3.63) is 29.3 Å². The second-order valence-corrected chi connectivity index (χ2v) is 6.85. The number of aliphatic hydroxyl groups is 1. The smallest absolute Gasteiger partial charge is 0.240 e. The van der Waals surface area contributed by atoms with E-state index in [9.17, 15) is 13.5 Å². The van der Waals surface area contributed by atoms with Gasteiger partial charge in [0.25, 0.3) is 0 Å². The van der Waals surface area contributed by atoms with E-state index < -0.39 is 16.1 Å². The Labute approximate surface area is 114 Å². The van der Waals surface area contributed by atoms with Crippen LogP contribution in [0.1, 0.15) is 37.3 Å². The monoisotopic (exact) mass is 283 g/mol. The van der Waals surface area contributed by atoms with E-state index in [-0.39, 0.29) is 6.54 Å². The number of rotatable bonds is 6. The molecule has 0 aromatic heterocycles. The molecule has 0 amide bonds. The molecule has 0 saturated carbocycles. The van der Waals surface area contributed by atoms with Gasteiger partial charge in [0.05, 0.1) is 11.0 Å². The minimum atomic E-state index is -3.51. The summed E-state index contributed by atoms with van der Waals surface area (Å²) in [5, 5.41) is 9.59. The number of hydrogen-bond donors (Lipinski definition) is 2. The molecule has 1 aliphatic rings. The molecule has 1 unspecified atom stereocenters. The van der Waals surface area contributed by atoms with Crippen LogP contribution in [0.15, 0.2) is 23.1 Å². The molecule has 0 aliphatic heterocycles. The number of aliphatic hydroxyl groups excluding tert-OH is 1. The number of hydrogen-bond acceptors (Lipinski definition) is 3. The predicted octanol–water partition coefficient (Wildman–Crippen LogP) is 1.61. The zero-order valence-electron chi connectivity index (χ0n) is 11.2. The Morgan fingerprint density at radius 1 is 1.32 bits per heavy atom. The maximum Gasteiger partial charge on any atom is 0.240 e. The highest BCUT2D eigenvalue weighted by atomic mass is 32.2. The van der Waals surface area contributed by atoms with Crippen molar-refractivity contribution in [1.82, 2.24) is 4.72 Å². The molecule has 0 spiro atoms. The molecule has 2 N–H and O–H groups in total. The molecule has 106 valence electrons. The van der Waals surface area contributed by atoms with Gasteiger partial charge in [0.2, 0.25) is 10.0 Å². The minimum Gasteiger partial charge on any atom is -0.392 e. The Bertz CT molecular complexity index is 540. The van der Waals surface area contributed by atoms with Gasteiger partial charge in [-0.25, -0.2) is 13.1 Å². The highest BCUT2D eigenvalue weighted by molar-refractivity contribution is 7.89. The Hall–Kier alpha value is -0.910. The van der Waals surface area contributed by atoms with E-state index in [1.807, 2.05) is 13.0 Å². The lowest BCUT2D eigenvalue weighted by Gasteiger charge is -2.12. The Morgan fingerprint density at radius 2 is 2.05 bits per heavy atom. The van der Waals surface area contributed by atoms with Gasteiger partial charge >= 0.3 is 0 Å². The molecule has 19 heavy (non-hydrogen) atoms. The molecule has 5 heteroatoms. The van der Waals surface area contributed by atoms with E-state index in [4.69, 9.17) is 0 Å². The van der Waals surface area contributed by atoms with Crippen LogP contribution >= 0.6 is 0 Å². The fourth-order valence-corrected chi connectivity index (χ4v) is 3.56.